The van der Waals surface area contributed by atoms with Gasteiger partial charge in [-0.2, -0.15) is 0 Å². The zero-order valence-corrected chi connectivity index (χ0v) is 8.49. The molecular formula is C9H16OS. The molecule has 0 atom stereocenters. The molecule has 0 saturated carbocycles. The molecule has 1 rings (SSSR count). The molecule has 0 amide bonds. The summed E-state index contributed by atoms with van der Waals surface area (Å²) in [5.74, 6) is 0. The predicted molar refractivity (Wildman–Crippen MR) is 51.1 cm³/mol. The Kier molecular flexibility index (Phi) is 6.18. The van der Waals surface area contributed by atoms with Gasteiger partial charge in [0, 0.05) is 16.9 Å². The van der Waals surface area contributed by atoms with E-state index in [1.54, 1.807) is 18.4 Å². The Morgan fingerprint density at radius 2 is 2.00 bits per heavy atom. The maximum absolute atomic E-state index is 4.95. The normalized spacial score (nSPS) is 8.73. The molecule has 0 saturated heterocycles. The standard InChI is InChI=1S/C7H10OS.C2H6/c1-6-3-4-7(9-6)5-8-2;1-2/h3-4H,5H2,1-2H3;1-2H3. The highest BCUT2D eigenvalue weighted by Crippen LogP contribution is 2.14. The van der Waals surface area contributed by atoms with Crippen molar-refractivity contribution >= 4 is 11.3 Å². The first-order chi connectivity index (χ1) is 5.33. The van der Waals surface area contributed by atoms with E-state index in [9.17, 15) is 0 Å². The van der Waals surface area contributed by atoms with Crippen molar-refractivity contribution in [2.75, 3.05) is 7.11 Å². The minimum absolute atomic E-state index is 0.749. The number of rotatable bonds is 2. The number of hydrogen-bond acceptors (Lipinski definition) is 2. The lowest BCUT2D eigenvalue weighted by atomic mass is 10.4. The SMILES string of the molecule is CC.COCc1ccc(C)s1. The first-order valence-corrected chi connectivity index (χ1v) is 4.69. The smallest absolute Gasteiger partial charge is 0.0805 e. The summed E-state index contributed by atoms with van der Waals surface area (Å²) in [6.45, 7) is 6.85. The minimum atomic E-state index is 0.749. The molecule has 0 N–H and O–H groups in total. The van der Waals surface area contributed by atoms with Gasteiger partial charge in [0.05, 0.1) is 6.61 Å². The maximum Gasteiger partial charge on any atom is 0.0805 e. The summed E-state index contributed by atoms with van der Waals surface area (Å²) in [6, 6.07) is 4.21. The second-order valence-corrected chi connectivity index (χ2v) is 3.32. The van der Waals surface area contributed by atoms with Crippen LogP contribution in [0.4, 0.5) is 0 Å². The van der Waals surface area contributed by atoms with Crippen LogP contribution in [0.5, 0.6) is 0 Å². The first-order valence-electron chi connectivity index (χ1n) is 3.87. The number of ether oxygens (including phenoxy) is 1. The van der Waals surface area contributed by atoms with E-state index in [1.165, 1.54) is 9.75 Å². The van der Waals surface area contributed by atoms with Gasteiger partial charge in [0.15, 0.2) is 0 Å². The van der Waals surface area contributed by atoms with Gasteiger partial charge in [-0.1, -0.05) is 13.8 Å². The van der Waals surface area contributed by atoms with Crippen LogP contribution in [-0.4, -0.2) is 7.11 Å². The van der Waals surface area contributed by atoms with Crippen LogP contribution in [0.15, 0.2) is 12.1 Å². The summed E-state index contributed by atoms with van der Waals surface area (Å²) >= 11 is 1.79. The van der Waals surface area contributed by atoms with E-state index in [2.05, 4.69) is 19.1 Å². The number of hydrogen-bond donors (Lipinski definition) is 0. The van der Waals surface area contributed by atoms with Gasteiger partial charge in [-0.05, 0) is 19.1 Å². The van der Waals surface area contributed by atoms with Crippen LogP contribution in [0.25, 0.3) is 0 Å². The second-order valence-electron chi connectivity index (χ2n) is 1.95. The van der Waals surface area contributed by atoms with E-state index in [4.69, 9.17) is 4.74 Å². The van der Waals surface area contributed by atoms with Gasteiger partial charge >= 0.3 is 0 Å². The van der Waals surface area contributed by atoms with Gasteiger partial charge in [0.1, 0.15) is 0 Å². The topological polar surface area (TPSA) is 9.23 Å². The highest BCUT2D eigenvalue weighted by molar-refractivity contribution is 7.11. The fourth-order valence-electron chi connectivity index (χ4n) is 0.705. The third-order valence-corrected chi connectivity index (χ3v) is 2.06. The molecule has 0 bridgehead atoms. The summed E-state index contributed by atoms with van der Waals surface area (Å²) in [4.78, 5) is 2.65. The Hall–Kier alpha value is -0.340. The molecule has 11 heavy (non-hydrogen) atoms. The first kappa shape index (κ1) is 10.7. The lowest BCUT2D eigenvalue weighted by molar-refractivity contribution is 0.187. The molecule has 0 aliphatic heterocycles. The van der Waals surface area contributed by atoms with Crippen LogP contribution in [0.1, 0.15) is 23.6 Å². The van der Waals surface area contributed by atoms with E-state index in [0.717, 1.165) is 6.61 Å². The van der Waals surface area contributed by atoms with Crippen LogP contribution in [-0.2, 0) is 11.3 Å². The van der Waals surface area contributed by atoms with Crippen LogP contribution < -0.4 is 0 Å². The van der Waals surface area contributed by atoms with Crippen LogP contribution in [0.2, 0.25) is 0 Å². The quantitative estimate of drug-likeness (QED) is 0.665. The highest BCUT2D eigenvalue weighted by atomic mass is 32.1. The zero-order chi connectivity index (χ0) is 8.69. The van der Waals surface area contributed by atoms with Crippen molar-refractivity contribution in [1.82, 2.24) is 0 Å². The average Bonchev–Trinajstić information content (AvgIpc) is 2.41. The Morgan fingerprint density at radius 1 is 1.36 bits per heavy atom. The molecule has 0 unspecified atom stereocenters. The van der Waals surface area contributed by atoms with Gasteiger partial charge in [-0.25, -0.2) is 0 Å². The van der Waals surface area contributed by atoms with Crippen molar-refractivity contribution in [1.29, 1.82) is 0 Å². The van der Waals surface area contributed by atoms with Crippen LogP contribution >= 0.6 is 11.3 Å². The van der Waals surface area contributed by atoms with E-state index < -0.39 is 0 Å². The van der Waals surface area contributed by atoms with Gasteiger partial charge in [-0.15, -0.1) is 11.3 Å². The van der Waals surface area contributed by atoms with Crippen molar-refractivity contribution in [2.24, 2.45) is 0 Å². The molecule has 0 aromatic carbocycles. The number of thiophene rings is 1. The van der Waals surface area contributed by atoms with Gasteiger partial charge in [-0.3, -0.25) is 0 Å². The van der Waals surface area contributed by atoms with Gasteiger partial charge in [0.2, 0.25) is 0 Å². The molecule has 64 valence electrons. The van der Waals surface area contributed by atoms with Crippen LogP contribution in [0, 0.1) is 6.92 Å². The van der Waals surface area contributed by atoms with E-state index in [-0.39, 0.29) is 0 Å². The second kappa shape index (κ2) is 6.38. The van der Waals surface area contributed by atoms with E-state index in [0.29, 0.717) is 0 Å². The molecular weight excluding hydrogens is 156 g/mol. The fraction of sp³-hybridized carbons (Fsp3) is 0.556. The van der Waals surface area contributed by atoms with Crippen molar-refractivity contribution in [3.8, 4) is 0 Å². The summed E-state index contributed by atoms with van der Waals surface area (Å²) in [5.41, 5.74) is 0. The summed E-state index contributed by atoms with van der Waals surface area (Å²) < 4.78 is 4.95. The Balaban J connectivity index is 0.000000461. The van der Waals surface area contributed by atoms with Crippen LogP contribution in [0.3, 0.4) is 0 Å². The Bertz CT molecular complexity index is 181. The van der Waals surface area contributed by atoms with Crippen molar-refractivity contribution in [2.45, 2.75) is 27.4 Å². The number of aryl methyl sites for hydroxylation is 1. The lowest BCUT2D eigenvalue weighted by Crippen LogP contribution is -1.79. The van der Waals surface area contributed by atoms with Crippen molar-refractivity contribution in [3.63, 3.8) is 0 Å². The van der Waals surface area contributed by atoms with Gasteiger partial charge < -0.3 is 4.74 Å². The monoisotopic (exact) mass is 172 g/mol. The molecule has 0 fully saturated rings. The zero-order valence-electron chi connectivity index (χ0n) is 7.68. The number of methoxy groups -OCH3 is 1. The third kappa shape index (κ3) is 4.17. The molecule has 0 radical (unpaired) electrons. The van der Waals surface area contributed by atoms with E-state index >= 15 is 0 Å². The molecule has 0 aliphatic carbocycles. The van der Waals surface area contributed by atoms with E-state index in [1.807, 2.05) is 13.8 Å². The minimum Gasteiger partial charge on any atom is -0.379 e. The Labute approximate surface area is 73.0 Å². The molecule has 2 heteroatoms. The third-order valence-electron chi connectivity index (χ3n) is 1.08. The largest absolute Gasteiger partial charge is 0.379 e. The Morgan fingerprint density at radius 3 is 2.36 bits per heavy atom. The molecule has 0 aliphatic rings. The molecule has 1 heterocycles. The van der Waals surface area contributed by atoms with Gasteiger partial charge in [0.25, 0.3) is 0 Å². The summed E-state index contributed by atoms with van der Waals surface area (Å²) in [5, 5.41) is 0. The molecule has 1 aromatic heterocycles. The maximum atomic E-state index is 4.95. The van der Waals surface area contributed by atoms with Crippen molar-refractivity contribution < 1.29 is 4.74 Å². The molecule has 1 nitrogen and oxygen atoms in total. The highest BCUT2D eigenvalue weighted by Gasteiger charge is 1.92. The van der Waals surface area contributed by atoms with Crippen molar-refractivity contribution in [3.05, 3.63) is 21.9 Å². The lowest BCUT2D eigenvalue weighted by Gasteiger charge is -1.89. The molecule has 1 aromatic rings. The predicted octanol–water partition coefficient (Wildman–Crippen LogP) is 3.23. The summed E-state index contributed by atoms with van der Waals surface area (Å²) in [6.07, 6.45) is 0. The average molecular weight is 172 g/mol. The summed E-state index contributed by atoms with van der Waals surface area (Å²) in [7, 11) is 1.72. The molecule has 0 spiro atoms. The fourth-order valence-corrected chi connectivity index (χ4v) is 1.57.